The number of hydrogen-bond donors (Lipinski definition) is 1. The van der Waals surface area contributed by atoms with Gasteiger partial charge in [-0.25, -0.2) is 0 Å². The Balaban J connectivity index is 2.98. The van der Waals surface area contributed by atoms with Crippen LogP contribution in [0, 0.1) is 0 Å². The maximum atomic E-state index is 11.2. The highest BCUT2D eigenvalue weighted by molar-refractivity contribution is 9.08. The zero-order chi connectivity index (χ0) is 10.6. The molecule has 0 bridgehead atoms. The molecule has 0 heterocycles. The first kappa shape index (κ1) is 11.5. The first-order valence-electron chi connectivity index (χ1n) is 4.19. The van der Waals surface area contributed by atoms with E-state index in [0.29, 0.717) is 17.4 Å². The van der Waals surface area contributed by atoms with Crippen LogP contribution >= 0.6 is 27.5 Å². The van der Waals surface area contributed by atoms with E-state index in [0.717, 1.165) is 11.1 Å². The Morgan fingerprint density at radius 1 is 1.50 bits per heavy atom. The molecule has 0 fully saturated rings. The average Bonchev–Trinajstić information content (AvgIpc) is 2.20. The molecule has 0 spiro atoms. The van der Waals surface area contributed by atoms with E-state index in [9.17, 15) is 4.79 Å². The van der Waals surface area contributed by atoms with Crippen molar-refractivity contribution in [1.82, 2.24) is 0 Å². The number of alkyl halides is 2. The SMILES string of the molecule is Nc1cccc(CBr)c1CC(=O)CCl. The molecule has 4 heteroatoms. The predicted molar refractivity (Wildman–Crippen MR) is 62.9 cm³/mol. The lowest BCUT2D eigenvalue weighted by atomic mass is 10.0. The van der Waals surface area contributed by atoms with Crippen molar-refractivity contribution in [2.75, 3.05) is 11.6 Å². The molecule has 0 amide bonds. The Kier molecular flexibility index (Phi) is 4.42. The smallest absolute Gasteiger partial charge is 0.152 e. The first-order valence-corrected chi connectivity index (χ1v) is 5.84. The van der Waals surface area contributed by atoms with Gasteiger partial charge in [0, 0.05) is 17.4 Å². The minimum absolute atomic E-state index is 0.00762. The van der Waals surface area contributed by atoms with Crippen molar-refractivity contribution in [2.24, 2.45) is 0 Å². The van der Waals surface area contributed by atoms with Crippen LogP contribution in [0.2, 0.25) is 0 Å². The fourth-order valence-electron chi connectivity index (χ4n) is 1.24. The van der Waals surface area contributed by atoms with Gasteiger partial charge < -0.3 is 5.73 Å². The third-order valence-corrected chi connectivity index (χ3v) is 2.88. The van der Waals surface area contributed by atoms with E-state index in [-0.39, 0.29) is 11.7 Å². The highest BCUT2D eigenvalue weighted by atomic mass is 79.9. The van der Waals surface area contributed by atoms with Gasteiger partial charge in [0.15, 0.2) is 5.78 Å². The number of nitrogens with two attached hydrogens (primary N) is 1. The number of Topliss-reactive ketones (excluding diaryl/α,β-unsaturated/α-hetero) is 1. The lowest BCUT2D eigenvalue weighted by Crippen LogP contribution is -2.08. The van der Waals surface area contributed by atoms with Crippen molar-refractivity contribution in [3.8, 4) is 0 Å². The summed E-state index contributed by atoms with van der Waals surface area (Å²) in [6.07, 6.45) is 0.317. The van der Waals surface area contributed by atoms with Crippen LogP contribution < -0.4 is 5.73 Å². The van der Waals surface area contributed by atoms with E-state index in [1.807, 2.05) is 12.1 Å². The van der Waals surface area contributed by atoms with Gasteiger partial charge in [-0.1, -0.05) is 28.1 Å². The Morgan fingerprint density at radius 3 is 2.79 bits per heavy atom. The summed E-state index contributed by atoms with van der Waals surface area (Å²) in [5, 5.41) is 0.697. The predicted octanol–water partition coefficient (Wildman–Crippen LogP) is 2.51. The highest BCUT2D eigenvalue weighted by Gasteiger charge is 2.09. The summed E-state index contributed by atoms with van der Waals surface area (Å²) in [5.41, 5.74) is 8.37. The van der Waals surface area contributed by atoms with Crippen molar-refractivity contribution in [3.05, 3.63) is 29.3 Å². The number of carbonyl (C=O) groups is 1. The van der Waals surface area contributed by atoms with Crippen LogP contribution in [0.15, 0.2) is 18.2 Å². The summed E-state index contributed by atoms with van der Waals surface area (Å²) in [6, 6.07) is 5.62. The lowest BCUT2D eigenvalue weighted by molar-refractivity contribution is -0.116. The maximum absolute atomic E-state index is 11.2. The van der Waals surface area contributed by atoms with Crippen LogP contribution in [0.1, 0.15) is 11.1 Å². The van der Waals surface area contributed by atoms with Gasteiger partial charge in [-0.15, -0.1) is 11.6 Å². The molecule has 0 aliphatic carbocycles. The summed E-state index contributed by atoms with van der Waals surface area (Å²) in [4.78, 5) is 11.2. The van der Waals surface area contributed by atoms with Gasteiger partial charge in [-0.3, -0.25) is 4.79 Å². The summed E-state index contributed by atoms with van der Waals surface area (Å²) < 4.78 is 0. The number of halogens is 2. The molecular formula is C10H11BrClNO. The number of anilines is 1. The van der Waals surface area contributed by atoms with Crippen LogP contribution in [0.5, 0.6) is 0 Å². The van der Waals surface area contributed by atoms with Gasteiger partial charge in [-0.05, 0) is 17.2 Å². The maximum Gasteiger partial charge on any atom is 0.152 e. The number of nitrogen functional groups attached to an aromatic ring is 1. The minimum Gasteiger partial charge on any atom is -0.398 e. The number of ketones is 1. The zero-order valence-electron chi connectivity index (χ0n) is 7.59. The van der Waals surface area contributed by atoms with Crippen LogP contribution in [-0.2, 0) is 16.5 Å². The Labute approximate surface area is 96.6 Å². The van der Waals surface area contributed by atoms with Crippen LogP contribution in [0.3, 0.4) is 0 Å². The van der Waals surface area contributed by atoms with Crippen LogP contribution in [0.4, 0.5) is 5.69 Å². The minimum atomic E-state index is -0.00762. The zero-order valence-corrected chi connectivity index (χ0v) is 9.94. The summed E-state index contributed by atoms with van der Waals surface area (Å²) in [6.45, 7) is 0. The van der Waals surface area contributed by atoms with E-state index in [2.05, 4.69) is 15.9 Å². The van der Waals surface area contributed by atoms with Gasteiger partial charge in [0.05, 0.1) is 5.88 Å². The van der Waals surface area contributed by atoms with Gasteiger partial charge in [0.1, 0.15) is 0 Å². The molecule has 0 saturated heterocycles. The average molecular weight is 277 g/mol. The highest BCUT2D eigenvalue weighted by Crippen LogP contribution is 2.20. The lowest BCUT2D eigenvalue weighted by Gasteiger charge is -2.08. The molecule has 0 aromatic heterocycles. The van der Waals surface area contributed by atoms with Gasteiger partial charge in [-0.2, -0.15) is 0 Å². The third kappa shape index (κ3) is 2.72. The Morgan fingerprint density at radius 2 is 2.21 bits per heavy atom. The number of hydrogen-bond acceptors (Lipinski definition) is 2. The normalized spacial score (nSPS) is 10.1. The molecule has 0 atom stereocenters. The second-order valence-corrected chi connectivity index (χ2v) is 3.80. The van der Waals surface area contributed by atoms with E-state index in [1.165, 1.54) is 0 Å². The molecule has 0 aliphatic heterocycles. The van der Waals surface area contributed by atoms with Gasteiger partial charge in [0.2, 0.25) is 0 Å². The summed E-state index contributed by atoms with van der Waals surface area (Å²) in [7, 11) is 0. The first-order chi connectivity index (χ1) is 6.69. The number of rotatable bonds is 4. The van der Waals surface area contributed by atoms with Crippen molar-refractivity contribution >= 4 is 39.0 Å². The fraction of sp³-hybridized carbons (Fsp3) is 0.300. The number of carbonyl (C=O) groups excluding carboxylic acids is 1. The molecule has 0 saturated carbocycles. The number of benzene rings is 1. The topological polar surface area (TPSA) is 43.1 Å². The molecule has 14 heavy (non-hydrogen) atoms. The third-order valence-electron chi connectivity index (χ3n) is 1.98. The van der Waals surface area contributed by atoms with Gasteiger partial charge >= 0.3 is 0 Å². The monoisotopic (exact) mass is 275 g/mol. The molecular weight excluding hydrogens is 265 g/mol. The Hall–Kier alpha value is -0.540. The molecule has 0 unspecified atom stereocenters. The molecule has 0 radical (unpaired) electrons. The standard InChI is InChI=1S/C10H11BrClNO/c11-5-7-2-1-3-10(13)9(7)4-8(14)6-12/h1-3H,4-6,13H2. The van der Waals surface area contributed by atoms with Crippen molar-refractivity contribution in [1.29, 1.82) is 0 Å². The fourth-order valence-corrected chi connectivity index (χ4v) is 1.86. The van der Waals surface area contributed by atoms with Crippen molar-refractivity contribution in [2.45, 2.75) is 11.8 Å². The second-order valence-electron chi connectivity index (χ2n) is 2.97. The second kappa shape index (κ2) is 5.37. The van der Waals surface area contributed by atoms with Crippen LogP contribution in [-0.4, -0.2) is 11.7 Å². The molecule has 2 N–H and O–H groups in total. The molecule has 76 valence electrons. The molecule has 0 aliphatic rings. The van der Waals surface area contributed by atoms with E-state index < -0.39 is 0 Å². The summed E-state index contributed by atoms with van der Waals surface area (Å²) >= 11 is 8.80. The van der Waals surface area contributed by atoms with Crippen molar-refractivity contribution in [3.63, 3.8) is 0 Å². The van der Waals surface area contributed by atoms with E-state index in [4.69, 9.17) is 17.3 Å². The van der Waals surface area contributed by atoms with Crippen LogP contribution in [0.25, 0.3) is 0 Å². The van der Waals surface area contributed by atoms with Crippen molar-refractivity contribution < 1.29 is 4.79 Å². The van der Waals surface area contributed by atoms with E-state index in [1.54, 1.807) is 6.07 Å². The van der Waals surface area contributed by atoms with E-state index >= 15 is 0 Å². The molecule has 1 aromatic carbocycles. The molecule has 1 rings (SSSR count). The molecule has 1 aromatic rings. The largest absolute Gasteiger partial charge is 0.398 e. The quantitative estimate of drug-likeness (QED) is 0.678. The Bertz CT molecular complexity index is 341. The van der Waals surface area contributed by atoms with Gasteiger partial charge in [0.25, 0.3) is 0 Å². The summed E-state index contributed by atoms with van der Waals surface area (Å²) in [5.74, 6) is 0.0301. The molecule has 2 nitrogen and oxygen atoms in total.